The summed E-state index contributed by atoms with van der Waals surface area (Å²) in [4.78, 5) is 11.3. The summed E-state index contributed by atoms with van der Waals surface area (Å²) in [6, 6.07) is 0. The Bertz CT molecular complexity index is 101. The third kappa shape index (κ3) is 3.26. The SMILES string of the molecule is NCCN(CCO)C(=O)O. The molecule has 10 heavy (non-hydrogen) atoms. The first kappa shape index (κ1) is 9.19. The van der Waals surface area contributed by atoms with Gasteiger partial charge in [-0.1, -0.05) is 0 Å². The normalized spacial score (nSPS) is 9.40. The van der Waals surface area contributed by atoms with Gasteiger partial charge in [-0.25, -0.2) is 4.79 Å². The van der Waals surface area contributed by atoms with E-state index in [1.807, 2.05) is 0 Å². The van der Waals surface area contributed by atoms with E-state index in [0.29, 0.717) is 0 Å². The fourth-order valence-electron chi connectivity index (χ4n) is 0.580. The molecule has 0 aromatic rings. The van der Waals surface area contributed by atoms with Crippen molar-refractivity contribution >= 4 is 6.09 Å². The predicted octanol–water partition coefficient (Wildman–Crippen LogP) is -1.08. The van der Waals surface area contributed by atoms with Crippen molar-refractivity contribution in [2.75, 3.05) is 26.2 Å². The first-order chi connectivity index (χ1) is 4.72. The van der Waals surface area contributed by atoms with Crippen molar-refractivity contribution in [3.8, 4) is 0 Å². The van der Waals surface area contributed by atoms with Crippen molar-refractivity contribution in [1.82, 2.24) is 4.90 Å². The Labute approximate surface area is 59.0 Å². The Balaban J connectivity index is 3.61. The molecule has 5 heteroatoms. The second-order valence-corrected chi connectivity index (χ2v) is 1.78. The van der Waals surface area contributed by atoms with Gasteiger partial charge in [0.15, 0.2) is 0 Å². The van der Waals surface area contributed by atoms with E-state index in [-0.39, 0.29) is 26.2 Å². The molecule has 0 radical (unpaired) electrons. The number of nitrogens with two attached hydrogens (primary N) is 1. The quantitative estimate of drug-likeness (QED) is 0.473. The summed E-state index contributed by atoms with van der Waals surface area (Å²) >= 11 is 0. The van der Waals surface area contributed by atoms with Crippen LogP contribution in [0.25, 0.3) is 0 Å². The second-order valence-electron chi connectivity index (χ2n) is 1.78. The molecule has 0 aliphatic heterocycles. The molecule has 0 atom stereocenters. The van der Waals surface area contributed by atoms with Crippen LogP contribution in [0.2, 0.25) is 0 Å². The molecule has 0 unspecified atom stereocenters. The van der Waals surface area contributed by atoms with E-state index in [1.54, 1.807) is 0 Å². The van der Waals surface area contributed by atoms with E-state index >= 15 is 0 Å². The zero-order valence-electron chi connectivity index (χ0n) is 5.66. The van der Waals surface area contributed by atoms with Crippen LogP contribution in [0.5, 0.6) is 0 Å². The maximum absolute atomic E-state index is 10.2. The molecule has 0 aliphatic rings. The van der Waals surface area contributed by atoms with Gasteiger partial charge in [-0.15, -0.1) is 0 Å². The molecule has 0 aliphatic carbocycles. The molecule has 4 N–H and O–H groups in total. The summed E-state index contributed by atoms with van der Waals surface area (Å²) in [6.45, 7) is 0.529. The van der Waals surface area contributed by atoms with E-state index in [2.05, 4.69) is 0 Å². The number of rotatable bonds is 4. The first-order valence-corrected chi connectivity index (χ1v) is 3.01. The van der Waals surface area contributed by atoms with Crippen LogP contribution in [0.4, 0.5) is 4.79 Å². The largest absolute Gasteiger partial charge is 0.465 e. The molecule has 0 bridgehead atoms. The predicted molar refractivity (Wildman–Crippen MR) is 35.7 cm³/mol. The lowest BCUT2D eigenvalue weighted by atomic mass is 10.5. The molecule has 0 saturated heterocycles. The van der Waals surface area contributed by atoms with Gasteiger partial charge < -0.3 is 20.8 Å². The van der Waals surface area contributed by atoms with Gasteiger partial charge >= 0.3 is 6.09 Å². The Hall–Kier alpha value is -0.810. The summed E-state index contributed by atoms with van der Waals surface area (Å²) in [6.07, 6.45) is -1.04. The lowest BCUT2D eigenvalue weighted by Gasteiger charge is -2.15. The number of carboxylic acid groups (broad SMARTS) is 1. The maximum Gasteiger partial charge on any atom is 0.407 e. The van der Waals surface area contributed by atoms with E-state index < -0.39 is 6.09 Å². The summed E-state index contributed by atoms with van der Waals surface area (Å²) in [5.41, 5.74) is 5.11. The average Bonchev–Trinajstić information content (AvgIpc) is 1.87. The lowest BCUT2D eigenvalue weighted by Crippen LogP contribution is -2.36. The molecule has 5 nitrogen and oxygen atoms in total. The third-order valence-electron chi connectivity index (χ3n) is 1.04. The molecule has 0 aromatic heterocycles. The highest BCUT2D eigenvalue weighted by atomic mass is 16.4. The van der Waals surface area contributed by atoms with E-state index in [4.69, 9.17) is 15.9 Å². The molecule has 0 heterocycles. The van der Waals surface area contributed by atoms with Gasteiger partial charge in [0.1, 0.15) is 0 Å². The van der Waals surface area contributed by atoms with Crippen LogP contribution in [0.15, 0.2) is 0 Å². The van der Waals surface area contributed by atoms with Crippen LogP contribution in [0, 0.1) is 0 Å². The first-order valence-electron chi connectivity index (χ1n) is 3.01. The summed E-state index contributed by atoms with van der Waals surface area (Å²) in [5, 5.41) is 16.8. The minimum absolute atomic E-state index is 0.131. The van der Waals surface area contributed by atoms with Gasteiger partial charge in [0, 0.05) is 19.6 Å². The standard InChI is InChI=1S/C5H12N2O3/c6-1-2-7(3-4-8)5(9)10/h8H,1-4,6H2,(H,9,10). The fourth-order valence-corrected chi connectivity index (χ4v) is 0.580. The minimum Gasteiger partial charge on any atom is -0.465 e. The van der Waals surface area contributed by atoms with Gasteiger partial charge in [0.05, 0.1) is 6.61 Å². The second kappa shape index (κ2) is 5.01. The van der Waals surface area contributed by atoms with Crippen molar-refractivity contribution < 1.29 is 15.0 Å². The number of hydrogen-bond acceptors (Lipinski definition) is 3. The highest BCUT2D eigenvalue weighted by Crippen LogP contribution is 1.85. The Morgan fingerprint density at radius 3 is 2.40 bits per heavy atom. The Morgan fingerprint density at radius 1 is 1.50 bits per heavy atom. The molecule has 0 rings (SSSR count). The van der Waals surface area contributed by atoms with E-state index in [0.717, 1.165) is 4.90 Å². The van der Waals surface area contributed by atoms with Crippen molar-refractivity contribution in [2.24, 2.45) is 5.73 Å². The monoisotopic (exact) mass is 148 g/mol. The maximum atomic E-state index is 10.2. The van der Waals surface area contributed by atoms with Gasteiger partial charge in [-0.2, -0.15) is 0 Å². The Morgan fingerprint density at radius 2 is 2.10 bits per heavy atom. The minimum atomic E-state index is -1.04. The summed E-state index contributed by atoms with van der Waals surface area (Å²) in [7, 11) is 0. The third-order valence-corrected chi connectivity index (χ3v) is 1.04. The van der Waals surface area contributed by atoms with Gasteiger partial charge in [0.2, 0.25) is 0 Å². The summed E-state index contributed by atoms with van der Waals surface area (Å²) < 4.78 is 0. The van der Waals surface area contributed by atoms with Crippen molar-refractivity contribution in [2.45, 2.75) is 0 Å². The van der Waals surface area contributed by atoms with Crippen LogP contribution < -0.4 is 5.73 Å². The number of hydrogen-bond donors (Lipinski definition) is 3. The summed E-state index contributed by atoms with van der Waals surface area (Å²) in [5.74, 6) is 0. The number of nitrogens with zero attached hydrogens (tertiary/aromatic N) is 1. The molecule has 60 valence electrons. The zero-order valence-corrected chi connectivity index (χ0v) is 5.66. The van der Waals surface area contributed by atoms with Crippen LogP contribution in [0.3, 0.4) is 0 Å². The number of aliphatic hydroxyl groups is 1. The molecule has 1 amide bonds. The lowest BCUT2D eigenvalue weighted by molar-refractivity contribution is 0.133. The molecule has 0 saturated carbocycles. The molecule has 0 aromatic carbocycles. The van der Waals surface area contributed by atoms with Gasteiger partial charge in [0.25, 0.3) is 0 Å². The van der Waals surface area contributed by atoms with E-state index in [1.165, 1.54) is 0 Å². The van der Waals surface area contributed by atoms with Gasteiger partial charge in [-0.05, 0) is 0 Å². The molecular formula is C5H12N2O3. The van der Waals surface area contributed by atoms with E-state index in [9.17, 15) is 4.79 Å². The van der Waals surface area contributed by atoms with Crippen LogP contribution in [-0.2, 0) is 0 Å². The molecule has 0 fully saturated rings. The smallest absolute Gasteiger partial charge is 0.407 e. The number of aliphatic hydroxyl groups excluding tert-OH is 1. The van der Waals surface area contributed by atoms with Crippen LogP contribution in [0.1, 0.15) is 0 Å². The molecule has 0 spiro atoms. The zero-order chi connectivity index (χ0) is 7.98. The average molecular weight is 148 g/mol. The number of carbonyl (C=O) groups is 1. The topological polar surface area (TPSA) is 86.8 Å². The van der Waals surface area contributed by atoms with Crippen molar-refractivity contribution in [1.29, 1.82) is 0 Å². The van der Waals surface area contributed by atoms with Crippen molar-refractivity contribution in [3.05, 3.63) is 0 Å². The number of amides is 1. The highest BCUT2D eigenvalue weighted by molar-refractivity contribution is 5.64. The fraction of sp³-hybridized carbons (Fsp3) is 0.800. The Kier molecular flexibility index (Phi) is 4.61. The van der Waals surface area contributed by atoms with Crippen LogP contribution >= 0.6 is 0 Å². The van der Waals surface area contributed by atoms with Crippen molar-refractivity contribution in [3.63, 3.8) is 0 Å². The highest BCUT2D eigenvalue weighted by Gasteiger charge is 2.07. The van der Waals surface area contributed by atoms with Crippen LogP contribution in [-0.4, -0.2) is 47.4 Å². The molecular weight excluding hydrogens is 136 g/mol. The van der Waals surface area contributed by atoms with Gasteiger partial charge in [-0.3, -0.25) is 0 Å².